The van der Waals surface area contributed by atoms with Crippen LogP contribution in [0.5, 0.6) is 0 Å². The summed E-state index contributed by atoms with van der Waals surface area (Å²) in [5, 5.41) is 15.6. The second kappa shape index (κ2) is 10.8. The molecule has 1 aliphatic rings. The van der Waals surface area contributed by atoms with Crippen molar-refractivity contribution in [3.05, 3.63) is 71.8 Å². The molecule has 0 unspecified atom stereocenters. The van der Waals surface area contributed by atoms with Crippen molar-refractivity contribution in [1.29, 1.82) is 0 Å². The molecule has 0 spiro atoms. The van der Waals surface area contributed by atoms with Crippen molar-refractivity contribution < 1.29 is 19.8 Å². The molecule has 0 atom stereocenters. The number of hydrogen-bond acceptors (Lipinski definition) is 3. The molecule has 3 rings (SSSR count). The largest absolute Gasteiger partial charge is 0.478 e. The van der Waals surface area contributed by atoms with Crippen molar-refractivity contribution in [3.63, 3.8) is 0 Å². The fraction of sp³-hybridized carbons (Fsp3) is 0.273. The molecule has 0 bridgehead atoms. The van der Waals surface area contributed by atoms with Crippen LogP contribution in [0.25, 0.3) is 0 Å². The summed E-state index contributed by atoms with van der Waals surface area (Å²) in [5.41, 5.74) is 3.15. The summed E-state index contributed by atoms with van der Waals surface area (Å²) in [7, 11) is 4.32. The average Bonchev–Trinajstić information content (AvgIpc) is 2.66. The van der Waals surface area contributed by atoms with Gasteiger partial charge in [-0.3, -0.25) is 0 Å². The number of nitrogens with zero attached hydrogens (tertiary/aromatic N) is 1. The van der Waals surface area contributed by atoms with E-state index >= 15 is 0 Å². The topological polar surface area (TPSA) is 77.8 Å². The van der Waals surface area contributed by atoms with Crippen LogP contribution in [-0.2, 0) is 9.59 Å². The first-order chi connectivity index (χ1) is 13.4. The number of aliphatic carboxylic acids is 2. The van der Waals surface area contributed by atoms with E-state index in [-0.39, 0.29) is 0 Å². The molecule has 148 valence electrons. The van der Waals surface area contributed by atoms with Crippen LogP contribution in [0.2, 0.25) is 0 Å². The van der Waals surface area contributed by atoms with Crippen molar-refractivity contribution >= 4 is 35.8 Å². The normalized spacial score (nSPS) is 12.8. The van der Waals surface area contributed by atoms with Gasteiger partial charge in [-0.2, -0.15) is 0 Å². The molecular formula is C22H25NO4Se. The fourth-order valence-electron chi connectivity index (χ4n) is 3.07. The summed E-state index contributed by atoms with van der Waals surface area (Å²) in [5.74, 6) is -1.92. The summed E-state index contributed by atoms with van der Waals surface area (Å²) in [6.07, 6.45) is 3.63. The van der Waals surface area contributed by atoms with Crippen LogP contribution in [0.4, 0.5) is 0 Å². The Kier molecular flexibility index (Phi) is 8.45. The second-order valence-electron chi connectivity index (χ2n) is 6.69. The van der Waals surface area contributed by atoms with Gasteiger partial charge in [-0.05, 0) is 0 Å². The number of carboxylic acids is 2. The Morgan fingerprint density at radius 3 is 1.82 bits per heavy atom. The number of rotatable bonds is 6. The van der Waals surface area contributed by atoms with Gasteiger partial charge in [0, 0.05) is 12.2 Å². The molecular weight excluding hydrogens is 421 g/mol. The minimum absolute atomic E-state index is 0.477. The Balaban J connectivity index is 0.000000300. The van der Waals surface area contributed by atoms with Crippen molar-refractivity contribution in [2.75, 3.05) is 20.6 Å². The molecule has 0 saturated carbocycles. The van der Waals surface area contributed by atoms with Crippen molar-refractivity contribution in [3.8, 4) is 0 Å². The predicted octanol–water partition coefficient (Wildman–Crippen LogP) is 1.84. The van der Waals surface area contributed by atoms with Crippen molar-refractivity contribution in [2.24, 2.45) is 0 Å². The molecule has 0 aromatic heterocycles. The van der Waals surface area contributed by atoms with Crippen molar-refractivity contribution in [2.45, 2.75) is 18.8 Å². The van der Waals surface area contributed by atoms with E-state index in [1.165, 1.54) is 19.4 Å². The fourth-order valence-corrected chi connectivity index (χ4v) is 5.56. The van der Waals surface area contributed by atoms with Crippen LogP contribution in [0, 0.1) is 0 Å². The Morgan fingerprint density at radius 2 is 1.39 bits per heavy atom. The molecule has 1 aliphatic heterocycles. The number of carbonyl (C=O) groups is 2. The first kappa shape index (κ1) is 21.9. The minimum Gasteiger partial charge on any atom is -0.478 e. The summed E-state index contributed by atoms with van der Waals surface area (Å²) < 4.78 is 3.15. The van der Waals surface area contributed by atoms with Crippen LogP contribution in [0.15, 0.2) is 60.7 Å². The molecule has 6 heteroatoms. The van der Waals surface area contributed by atoms with E-state index in [0.717, 1.165) is 0 Å². The van der Waals surface area contributed by atoms with E-state index in [4.69, 9.17) is 10.2 Å². The zero-order valence-corrected chi connectivity index (χ0v) is 17.8. The molecule has 2 aromatic rings. The quantitative estimate of drug-likeness (QED) is 0.523. The molecule has 0 fully saturated rings. The van der Waals surface area contributed by atoms with Gasteiger partial charge in [0.1, 0.15) is 0 Å². The van der Waals surface area contributed by atoms with E-state index in [0.29, 0.717) is 33.0 Å². The molecule has 0 aliphatic carbocycles. The van der Waals surface area contributed by atoms with Gasteiger partial charge in [0.2, 0.25) is 0 Å². The van der Waals surface area contributed by atoms with Gasteiger partial charge in [0.05, 0.1) is 0 Å². The number of hydrogen-bond donors (Lipinski definition) is 2. The number of fused-ring (bicyclic) bond motifs is 2. The van der Waals surface area contributed by atoms with E-state index < -0.39 is 11.9 Å². The summed E-state index contributed by atoms with van der Waals surface area (Å²) in [6, 6.07) is 18.1. The van der Waals surface area contributed by atoms with Crippen LogP contribution < -0.4 is 8.92 Å². The van der Waals surface area contributed by atoms with Crippen LogP contribution in [0.3, 0.4) is 0 Å². The van der Waals surface area contributed by atoms with Gasteiger partial charge >= 0.3 is 140 Å². The summed E-state index contributed by atoms with van der Waals surface area (Å²) in [6.45, 7) is 1.17. The van der Waals surface area contributed by atoms with Crippen LogP contribution in [-0.4, -0.2) is 62.6 Å². The molecule has 0 amide bonds. The third kappa shape index (κ3) is 6.64. The summed E-state index contributed by atoms with van der Waals surface area (Å²) >= 11 is 0.477. The standard InChI is InChI=1S/C18H21NSe.C4H4O4/c1-19(2)13-7-10-14-15-8-3-5-11-17(15)20-18-12-6-4-9-16(14)18;5-3(6)1-2-4(7)8/h3-6,8-9,11-12,14H,7,10,13H2,1-2H3;1-2H,(H,5,6)(H,7,8)/b;2-1+. The maximum absolute atomic E-state index is 9.55. The zero-order chi connectivity index (χ0) is 20.5. The van der Waals surface area contributed by atoms with Gasteiger partial charge < -0.3 is 10.2 Å². The third-order valence-electron chi connectivity index (χ3n) is 4.28. The third-order valence-corrected chi connectivity index (χ3v) is 6.76. The number of carboxylic acid groups (broad SMARTS) is 2. The number of benzene rings is 2. The van der Waals surface area contributed by atoms with Gasteiger partial charge in [-0.15, -0.1) is 0 Å². The summed E-state index contributed by atoms with van der Waals surface area (Å²) in [4.78, 5) is 21.4. The van der Waals surface area contributed by atoms with E-state index in [9.17, 15) is 9.59 Å². The maximum Gasteiger partial charge on any atom is 0.328 e. The zero-order valence-electron chi connectivity index (χ0n) is 16.0. The molecule has 0 saturated heterocycles. The van der Waals surface area contributed by atoms with Crippen molar-refractivity contribution in [1.82, 2.24) is 4.90 Å². The first-order valence-electron chi connectivity index (χ1n) is 9.03. The first-order valence-corrected chi connectivity index (χ1v) is 10.7. The minimum atomic E-state index is -1.26. The monoisotopic (exact) mass is 447 g/mol. The molecule has 1 heterocycles. The van der Waals surface area contributed by atoms with Gasteiger partial charge in [0.15, 0.2) is 0 Å². The van der Waals surface area contributed by atoms with Gasteiger partial charge in [-0.25, -0.2) is 9.59 Å². The molecule has 2 aromatic carbocycles. The SMILES string of the molecule is CN(C)CCCC1c2ccccc2[Se]c2ccccc21.O=C(O)/C=C/C(=O)O. The van der Waals surface area contributed by atoms with Crippen LogP contribution in [0.1, 0.15) is 29.9 Å². The Labute approximate surface area is 171 Å². The molecule has 5 nitrogen and oxygen atoms in total. The molecule has 28 heavy (non-hydrogen) atoms. The van der Waals surface area contributed by atoms with Gasteiger partial charge in [0.25, 0.3) is 0 Å². The van der Waals surface area contributed by atoms with E-state index in [1.54, 1.807) is 20.1 Å². The molecule has 2 N–H and O–H groups in total. The maximum atomic E-state index is 9.55. The smallest absolute Gasteiger partial charge is 0.328 e. The second-order valence-corrected chi connectivity index (χ2v) is 8.96. The Bertz CT molecular complexity index is 786. The molecule has 0 radical (unpaired) electrons. The average molecular weight is 446 g/mol. The Morgan fingerprint density at radius 1 is 0.929 bits per heavy atom. The predicted molar refractivity (Wildman–Crippen MR) is 112 cm³/mol. The van der Waals surface area contributed by atoms with E-state index in [2.05, 4.69) is 67.5 Å². The Hall–Kier alpha value is -2.40. The van der Waals surface area contributed by atoms with Crippen LogP contribution >= 0.6 is 0 Å². The van der Waals surface area contributed by atoms with Gasteiger partial charge in [-0.1, -0.05) is 0 Å². The van der Waals surface area contributed by atoms with E-state index in [1.807, 2.05) is 0 Å².